The van der Waals surface area contributed by atoms with E-state index in [9.17, 15) is 0 Å². The molecular weight excluding hydrogens is 518 g/mol. The summed E-state index contributed by atoms with van der Waals surface area (Å²) in [6.07, 6.45) is 10.3. The number of hydrogen-bond acceptors (Lipinski definition) is 10. The average Bonchev–Trinajstić information content (AvgIpc) is 3.65. The largest absolute Gasteiger partial charge is 0.481 e. The zero-order chi connectivity index (χ0) is 27.3. The molecule has 2 unspecified atom stereocenters. The molecule has 0 radical (unpaired) electrons. The summed E-state index contributed by atoms with van der Waals surface area (Å²) in [7, 11) is 1.64. The Morgan fingerprint density at radius 3 is 2.68 bits per heavy atom. The van der Waals surface area contributed by atoms with Gasteiger partial charge in [0.1, 0.15) is 11.3 Å². The average molecular weight is 550 g/mol. The minimum atomic E-state index is 0.518. The molecule has 4 fully saturated rings. The van der Waals surface area contributed by atoms with E-state index >= 15 is 0 Å². The highest BCUT2D eigenvalue weighted by atomic mass is 16.5. The Bertz CT molecular complexity index is 1660. The van der Waals surface area contributed by atoms with Crippen molar-refractivity contribution in [3.8, 4) is 17.3 Å². The molecule has 3 saturated heterocycles. The summed E-state index contributed by atoms with van der Waals surface area (Å²) in [5.74, 6) is 4.12. The van der Waals surface area contributed by atoms with Gasteiger partial charge in [0, 0.05) is 79.5 Å². The van der Waals surface area contributed by atoms with Gasteiger partial charge < -0.3 is 19.4 Å². The van der Waals surface area contributed by atoms with Crippen LogP contribution in [0.1, 0.15) is 42.9 Å². The summed E-state index contributed by atoms with van der Waals surface area (Å²) < 4.78 is 10.9. The van der Waals surface area contributed by atoms with Gasteiger partial charge in [0.05, 0.1) is 13.4 Å². The summed E-state index contributed by atoms with van der Waals surface area (Å²) in [4.78, 5) is 23.7. The Morgan fingerprint density at radius 2 is 1.95 bits per heavy atom. The number of piperidine rings is 1. The molecule has 3 aliphatic heterocycles. The molecule has 1 aliphatic carbocycles. The number of anilines is 3. The number of pyridine rings is 2. The van der Waals surface area contributed by atoms with Crippen molar-refractivity contribution in [2.45, 2.75) is 50.2 Å². The van der Waals surface area contributed by atoms with E-state index in [0.717, 1.165) is 42.4 Å². The monoisotopic (exact) mass is 549 g/mol. The van der Waals surface area contributed by atoms with Crippen LogP contribution in [0.4, 0.5) is 17.5 Å². The molecule has 8 heterocycles. The number of aromatic nitrogens is 6. The highest BCUT2D eigenvalue weighted by Crippen LogP contribution is 2.37. The number of aromatic amines is 1. The maximum atomic E-state index is 5.71. The quantitative estimate of drug-likeness (QED) is 0.277. The molecule has 2 bridgehead atoms. The van der Waals surface area contributed by atoms with Crippen LogP contribution in [0.25, 0.3) is 22.5 Å². The van der Waals surface area contributed by atoms with Gasteiger partial charge in [-0.05, 0) is 37.0 Å². The molecule has 4 aliphatic rings. The number of ether oxygens (including phenoxy) is 1. The fraction of sp³-hybridized carbons (Fsp3) is 0.367. The van der Waals surface area contributed by atoms with Gasteiger partial charge in [-0.2, -0.15) is 5.10 Å². The van der Waals surface area contributed by atoms with Crippen LogP contribution in [0, 0.1) is 0 Å². The van der Waals surface area contributed by atoms with Crippen LogP contribution in [-0.4, -0.2) is 67.3 Å². The molecule has 208 valence electrons. The van der Waals surface area contributed by atoms with Gasteiger partial charge in [0.2, 0.25) is 5.88 Å². The Hall–Kier alpha value is -4.51. The Kier molecular flexibility index (Phi) is 5.83. The fourth-order valence-electron chi connectivity index (χ4n) is 6.20. The Morgan fingerprint density at radius 1 is 1.05 bits per heavy atom. The molecule has 0 aromatic carbocycles. The van der Waals surface area contributed by atoms with Crippen molar-refractivity contribution in [2.24, 2.45) is 0 Å². The van der Waals surface area contributed by atoms with Crippen molar-refractivity contribution in [1.82, 2.24) is 35.0 Å². The van der Waals surface area contributed by atoms with Crippen LogP contribution in [0.15, 0.2) is 59.5 Å². The second kappa shape index (κ2) is 9.84. The second-order valence-corrected chi connectivity index (χ2v) is 11.2. The van der Waals surface area contributed by atoms with Crippen LogP contribution in [0.3, 0.4) is 0 Å². The molecule has 1 saturated carbocycles. The Labute approximate surface area is 237 Å². The summed E-state index contributed by atoms with van der Waals surface area (Å²) in [6.45, 7) is 2.84. The van der Waals surface area contributed by atoms with Crippen molar-refractivity contribution in [3.05, 3.63) is 66.3 Å². The third-order valence-electron chi connectivity index (χ3n) is 8.74. The van der Waals surface area contributed by atoms with Gasteiger partial charge >= 0.3 is 0 Å². The van der Waals surface area contributed by atoms with Crippen molar-refractivity contribution in [3.63, 3.8) is 0 Å². The SMILES string of the molecule is COc1ccc(CN2C3CC2CN(c2ccc(-c4nc(Nc5cc(C6CCC6)[nH]n5)c5occc5n4)cn2)C3)cn1. The predicted molar refractivity (Wildman–Crippen MR) is 154 cm³/mol. The molecule has 11 nitrogen and oxygen atoms in total. The number of methoxy groups -OCH3 is 1. The molecule has 2 N–H and O–H groups in total. The minimum absolute atomic E-state index is 0.518. The lowest BCUT2D eigenvalue weighted by molar-refractivity contribution is -0.00876. The predicted octanol–water partition coefficient (Wildman–Crippen LogP) is 4.89. The van der Waals surface area contributed by atoms with E-state index in [-0.39, 0.29) is 0 Å². The number of furan rings is 1. The number of piperazine rings is 1. The summed E-state index contributed by atoms with van der Waals surface area (Å²) in [5.41, 5.74) is 4.58. The lowest BCUT2D eigenvalue weighted by Crippen LogP contribution is -2.68. The number of nitrogens with one attached hydrogen (secondary N) is 2. The van der Waals surface area contributed by atoms with E-state index in [1.165, 1.54) is 36.9 Å². The standard InChI is InChI=1S/C30H31N9O2/c1-40-27-8-5-18(13-32-27)15-39-21-11-22(39)17-38(16-21)26-7-6-20(14-31-26)29-33-23-9-10-41-28(23)30(35-29)34-25-12-24(36-37-25)19-3-2-4-19/h5-10,12-14,19,21-22H,2-4,11,15-17H2,1H3,(H2,33,34,35,36,37). The van der Waals surface area contributed by atoms with Crippen molar-refractivity contribution in [1.29, 1.82) is 0 Å². The van der Waals surface area contributed by atoms with Gasteiger partial charge in [-0.3, -0.25) is 10.00 Å². The molecule has 41 heavy (non-hydrogen) atoms. The maximum absolute atomic E-state index is 5.71. The van der Waals surface area contributed by atoms with Crippen LogP contribution in [0.5, 0.6) is 5.88 Å². The molecule has 5 aromatic heterocycles. The fourth-order valence-corrected chi connectivity index (χ4v) is 6.20. The van der Waals surface area contributed by atoms with Crippen LogP contribution in [0.2, 0.25) is 0 Å². The number of nitrogens with zero attached hydrogens (tertiary/aromatic N) is 7. The van der Waals surface area contributed by atoms with Gasteiger partial charge in [-0.15, -0.1) is 0 Å². The first-order chi connectivity index (χ1) is 20.2. The second-order valence-electron chi connectivity index (χ2n) is 11.2. The van der Waals surface area contributed by atoms with Gasteiger partial charge in [-0.25, -0.2) is 19.9 Å². The zero-order valence-corrected chi connectivity index (χ0v) is 22.8. The molecule has 9 rings (SSSR count). The normalized spacial score (nSPS) is 20.6. The molecule has 5 aromatic rings. The van der Waals surface area contributed by atoms with Gasteiger partial charge in [-0.1, -0.05) is 12.5 Å². The maximum Gasteiger partial charge on any atom is 0.212 e. The van der Waals surface area contributed by atoms with E-state index in [1.54, 1.807) is 13.4 Å². The van der Waals surface area contributed by atoms with E-state index in [2.05, 4.69) is 54.6 Å². The molecular formula is C30H31N9O2. The molecule has 11 heteroatoms. The summed E-state index contributed by atoms with van der Waals surface area (Å²) in [5, 5.41) is 11.0. The third-order valence-corrected chi connectivity index (χ3v) is 8.74. The molecule has 0 spiro atoms. The molecule has 0 amide bonds. The van der Waals surface area contributed by atoms with Crippen LogP contribution >= 0.6 is 0 Å². The first-order valence-corrected chi connectivity index (χ1v) is 14.2. The number of hydrogen-bond donors (Lipinski definition) is 2. The first-order valence-electron chi connectivity index (χ1n) is 14.2. The molecule has 2 atom stereocenters. The lowest BCUT2D eigenvalue weighted by atomic mass is 9.83. The van der Waals surface area contributed by atoms with Crippen molar-refractivity contribution < 1.29 is 9.15 Å². The van der Waals surface area contributed by atoms with Crippen molar-refractivity contribution in [2.75, 3.05) is 30.4 Å². The highest BCUT2D eigenvalue weighted by Gasteiger charge is 2.44. The van der Waals surface area contributed by atoms with E-state index < -0.39 is 0 Å². The Balaban J connectivity index is 0.968. The number of rotatable bonds is 8. The number of H-pyrrole nitrogens is 1. The van der Waals surface area contributed by atoms with E-state index in [1.807, 2.05) is 24.5 Å². The van der Waals surface area contributed by atoms with Crippen molar-refractivity contribution >= 4 is 28.6 Å². The minimum Gasteiger partial charge on any atom is -0.481 e. The highest BCUT2D eigenvalue weighted by molar-refractivity contribution is 5.87. The smallest absolute Gasteiger partial charge is 0.212 e. The summed E-state index contributed by atoms with van der Waals surface area (Å²) in [6, 6.07) is 13.1. The third kappa shape index (κ3) is 4.46. The van der Waals surface area contributed by atoms with Gasteiger partial charge in [0.15, 0.2) is 23.0 Å². The van der Waals surface area contributed by atoms with Gasteiger partial charge in [0.25, 0.3) is 0 Å². The number of fused-ring (bicyclic) bond motifs is 3. The van der Waals surface area contributed by atoms with E-state index in [4.69, 9.17) is 24.1 Å². The summed E-state index contributed by atoms with van der Waals surface area (Å²) >= 11 is 0. The topological polar surface area (TPSA) is 121 Å². The first kappa shape index (κ1) is 24.3. The van der Waals surface area contributed by atoms with Crippen LogP contribution < -0.4 is 15.0 Å². The lowest BCUT2D eigenvalue weighted by Gasteiger charge is -2.56. The van der Waals surface area contributed by atoms with Crippen LogP contribution in [-0.2, 0) is 6.54 Å². The van der Waals surface area contributed by atoms with E-state index in [0.29, 0.717) is 41.1 Å². The zero-order valence-electron chi connectivity index (χ0n) is 22.8.